The van der Waals surface area contributed by atoms with Crippen LogP contribution in [0.25, 0.3) is 0 Å². The van der Waals surface area contributed by atoms with Gasteiger partial charge in [0.25, 0.3) is 0 Å². The van der Waals surface area contributed by atoms with Gasteiger partial charge in [0.15, 0.2) is 6.61 Å². The molecule has 1 aromatic carbocycles. The van der Waals surface area contributed by atoms with Gasteiger partial charge in [0, 0.05) is 7.05 Å². The summed E-state index contributed by atoms with van der Waals surface area (Å²) in [6, 6.07) is 5.01. The van der Waals surface area contributed by atoms with E-state index in [4.69, 9.17) is 14.9 Å². The molecule has 0 unspecified atom stereocenters. The van der Waals surface area contributed by atoms with Gasteiger partial charge in [0.1, 0.15) is 5.75 Å². The first-order chi connectivity index (χ1) is 7.17. The average Bonchev–Trinajstić information content (AvgIpc) is 2.25. The van der Waals surface area contributed by atoms with E-state index < -0.39 is 5.97 Å². The molecule has 0 bridgehead atoms. The first-order valence-electron chi connectivity index (χ1n) is 4.43. The van der Waals surface area contributed by atoms with Gasteiger partial charge in [-0.2, -0.15) is 0 Å². The molecule has 0 aromatic heterocycles. The third-order valence-corrected chi connectivity index (χ3v) is 1.85. The molecule has 1 rings (SSSR count). The Kier molecular flexibility index (Phi) is 3.93. The number of anilines is 1. The highest BCUT2D eigenvalue weighted by Crippen LogP contribution is 2.25. The number of carboxylic acid groups (broad SMARTS) is 1. The number of aliphatic hydroxyl groups excluding tert-OH is 1. The molecule has 0 aliphatic carbocycles. The van der Waals surface area contributed by atoms with Gasteiger partial charge in [0.2, 0.25) is 0 Å². The summed E-state index contributed by atoms with van der Waals surface area (Å²) in [4.78, 5) is 10.3. The monoisotopic (exact) mass is 211 g/mol. The van der Waals surface area contributed by atoms with Gasteiger partial charge in [-0.15, -0.1) is 0 Å². The van der Waals surface area contributed by atoms with Crippen molar-refractivity contribution in [1.29, 1.82) is 0 Å². The second-order valence-electron chi connectivity index (χ2n) is 2.92. The summed E-state index contributed by atoms with van der Waals surface area (Å²) in [6.07, 6.45) is 0. The molecular formula is C10H13NO4. The molecular weight excluding hydrogens is 198 g/mol. The summed E-state index contributed by atoms with van der Waals surface area (Å²) in [5.74, 6) is -0.569. The lowest BCUT2D eigenvalue weighted by Crippen LogP contribution is -2.10. The Morgan fingerprint density at radius 1 is 1.53 bits per heavy atom. The third kappa shape index (κ3) is 3.14. The molecule has 0 saturated heterocycles. The fourth-order valence-electron chi connectivity index (χ4n) is 1.14. The minimum Gasteiger partial charge on any atom is -0.480 e. The molecule has 0 amide bonds. The van der Waals surface area contributed by atoms with Gasteiger partial charge in [-0.3, -0.25) is 0 Å². The lowest BCUT2D eigenvalue weighted by Gasteiger charge is -2.10. The normalized spacial score (nSPS) is 9.73. The molecule has 0 heterocycles. The molecule has 0 radical (unpaired) electrons. The van der Waals surface area contributed by atoms with Gasteiger partial charge < -0.3 is 20.3 Å². The number of hydrogen-bond acceptors (Lipinski definition) is 4. The number of ether oxygens (including phenoxy) is 1. The number of hydrogen-bond donors (Lipinski definition) is 3. The smallest absolute Gasteiger partial charge is 0.341 e. The summed E-state index contributed by atoms with van der Waals surface area (Å²) >= 11 is 0. The molecule has 82 valence electrons. The van der Waals surface area contributed by atoms with Crippen molar-refractivity contribution in [1.82, 2.24) is 0 Å². The predicted molar refractivity (Wildman–Crippen MR) is 55.0 cm³/mol. The number of carbonyl (C=O) groups is 1. The summed E-state index contributed by atoms with van der Waals surface area (Å²) in [5.41, 5.74) is 1.39. The summed E-state index contributed by atoms with van der Waals surface area (Å²) in [7, 11) is 1.70. The Hall–Kier alpha value is -1.75. The van der Waals surface area contributed by atoms with Gasteiger partial charge in [-0.1, -0.05) is 6.07 Å². The van der Waals surface area contributed by atoms with Crippen molar-refractivity contribution in [3.63, 3.8) is 0 Å². The highest BCUT2D eigenvalue weighted by Gasteiger charge is 2.05. The van der Waals surface area contributed by atoms with E-state index in [1.165, 1.54) is 0 Å². The van der Waals surface area contributed by atoms with Gasteiger partial charge in [-0.05, 0) is 17.7 Å². The van der Waals surface area contributed by atoms with Crippen LogP contribution >= 0.6 is 0 Å². The van der Waals surface area contributed by atoms with Gasteiger partial charge in [-0.25, -0.2) is 4.79 Å². The first kappa shape index (κ1) is 11.3. The minimum atomic E-state index is -1.02. The van der Waals surface area contributed by atoms with Crippen LogP contribution in [0.5, 0.6) is 5.75 Å². The van der Waals surface area contributed by atoms with E-state index in [1.807, 2.05) is 0 Å². The fourth-order valence-corrected chi connectivity index (χ4v) is 1.14. The maximum Gasteiger partial charge on any atom is 0.341 e. The Bertz CT molecular complexity index is 351. The van der Waals surface area contributed by atoms with Crippen LogP contribution in [0.2, 0.25) is 0 Å². The van der Waals surface area contributed by atoms with Gasteiger partial charge in [0.05, 0.1) is 12.3 Å². The highest BCUT2D eigenvalue weighted by molar-refractivity contribution is 5.69. The first-order valence-corrected chi connectivity index (χ1v) is 4.43. The molecule has 0 spiro atoms. The van der Waals surface area contributed by atoms with Crippen molar-refractivity contribution >= 4 is 11.7 Å². The predicted octanol–water partition coefficient (Wildman–Crippen LogP) is 0.684. The van der Waals surface area contributed by atoms with Crippen LogP contribution in [0, 0.1) is 0 Å². The van der Waals surface area contributed by atoms with E-state index in [9.17, 15) is 4.79 Å². The zero-order valence-electron chi connectivity index (χ0n) is 8.36. The molecule has 0 aliphatic heterocycles. The number of aliphatic carboxylic acids is 1. The Morgan fingerprint density at radius 3 is 2.80 bits per heavy atom. The number of rotatable bonds is 5. The van der Waals surface area contributed by atoms with Crippen molar-refractivity contribution < 1.29 is 19.7 Å². The van der Waals surface area contributed by atoms with Crippen LogP contribution in [0.3, 0.4) is 0 Å². The standard InChI is InChI=1S/C10H13NO4/c1-11-8-4-7(5-12)2-3-9(8)15-6-10(13)14/h2-4,11-12H,5-6H2,1H3,(H,13,14). The zero-order chi connectivity index (χ0) is 11.3. The second kappa shape index (κ2) is 5.21. The quantitative estimate of drug-likeness (QED) is 0.667. The second-order valence-corrected chi connectivity index (χ2v) is 2.92. The van der Waals surface area contributed by atoms with Crippen LogP contribution in [0.15, 0.2) is 18.2 Å². The van der Waals surface area contributed by atoms with Gasteiger partial charge >= 0.3 is 5.97 Å². The minimum absolute atomic E-state index is 0.0616. The van der Waals surface area contributed by atoms with E-state index in [2.05, 4.69) is 5.32 Å². The number of aliphatic hydroxyl groups is 1. The van der Waals surface area contributed by atoms with Crippen LogP contribution in [0.1, 0.15) is 5.56 Å². The van der Waals surface area contributed by atoms with E-state index in [-0.39, 0.29) is 13.2 Å². The molecule has 0 saturated carbocycles. The van der Waals surface area contributed by atoms with Crippen molar-refractivity contribution in [3.8, 4) is 5.75 Å². The topological polar surface area (TPSA) is 78.8 Å². The summed E-state index contributed by atoms with van der Waals surface area (Å²) < 4.78 is 5.05. The van der Waals surface area contributed by atoms with Crippen LogP contribution in [-0.2, 0) is 11.4 Å². The van der Waals surface area contributed by atoms with Crippen molar-refractivity contribution in [2.75, 3.05) is 19.0 Å². The van der Waals surface area contributed by atoms with Crippen LogP contribution < -0.4 is 10.1 Å². The molecule has 0 atom stereocenters. The number of carboxylic acids is 1. The van der Waals surface area contributed by atoms with Crippen molar-refractivity contribution in [2.45, 2.75) is 6.61 Å². The van der Waals surface area contributed by atoms with Crippen molar-refractivity contribution in [2.24, 2.45) is 0 Å². The van der Waals surface area contributed by atoms with Crippen LogP contribution in [0.4, 0.5) is 5.69 Å². The molecule has 0 fully saturated rings. The molecule has 5 nitrogen and oxygen atoms in total. The molecule has 1 aromatic rings. The molecule has 15 heavy (non-hydrogen) atoms. The molecule has 5 heteroatoms. The Balaban J connectivity index is 2.82. The molecule has 3 N–H and O–H groups in total. The van der Waals surface area contributed by atoms with E-state index in [1.54, 1.807) is 25.2 Å². The number of benzene rings is 1. The summed E-state index contributed by atoms with van der Waals surface area (Å²) in [6.45, 7) is -0.443. The zero-order valence-corrected chi connectivity index (χ0v) is 8.36. The SMILES string of the molecule is CNc1cc(CO)ccc1OCC(=O)O. The maximum absolute atomic E-state index is 10.3. The van der Waals surface area contributed by atoms with Crippen molar-refractivity contribution in [3.05, 3.63) is 23.8 Å². The fraction of sp³-hybridized carbons (Fsp3) is 0.300. The summed E-state index contributed by atoms with van der Waals surface area (Å²) in [5, 5.41) is 20.2. The lowest BCUT2D eigenvalue weighted by molar-refractivity contribution is -0.139. The number of nitrogens with one attached hydrogen (secondary N) is 1. The third-order valence-electron chi connectivity index (χ3n) is 1.85. The van der Waals surface area contributed by atoms with E-state index in [0.717, 1.165) is 5.56 Å². The Morgan fingerprint density at radius 2 is 2.27 bits per heavy atom. The maximum atomic E-state index is 10.3. The Labute approximate surface area is 87.3 Å². The average molecular weight is 211 g/mol. The molecule has 0 aliphatic rings. The highest BCUT2D eigenvalue weighted by atomic mass is 16.5. The largest absolute Gasteiger partial charge is 0.480 e. The van der Waals surface area contributed by atoms with E-state index >= 15 is 0 Å². The van der Waals surface area contributed by atoms with E-state index in [0.29, 0.717) is 11.4 Å². The van der Waals surface area contributed by atoms with Crippen LogP contribution in [-0.4, -0.2) is 29.8 Å². The lowest BCUT2D eigenvalue weighted by atomic mass is 10.2.